The molecule has 6 nitrogen and oxygen atoms in total. The zero-order chi connectivity index (χ0) is 12.8. The number of piperazine rings is 1. The van der Waals surface area contributed by atoms with E-state index in [-0.39, 0.29) is 17.9 Å². The molecule has 1 unspecified atom stereocenters. The van der Waals surface area contributed by atoms with Crippen molar-refractivity contribution in [2.75, 3.05) is 32.7 Å². The normalized spacial score (nSPS) is 18.8. The van der Waals surface area contributed by atoms with Gasteiger partial charge in [-0.15, -0.1) is 0 Å². The first kappa shape index (κ1) is 13.8. The van der Waals surface area contributed by atoms with Crippen LogP contribution in [0.5, 0.6) is 0 Å². The lowest BCUT2D eigenvalue weighted by atomic mass is 10.2. The summed E-state index contributed by atoms with van der Waals surface area (Å²) in [5.74, 6) is 0.189. The molecule has 4 N–H and O–H groups in total. The average Bonchev–Trinajstić information content (AvgIpc) is 2.35. The Morgan fingerprint density at radius 3 is 2.47 bits per heavy atom. The largest absolute Gasteiger partial charge is 0.386 e. The second-order valence-corrected chi connectivity index (χ2v) is 4.39. The molecular weight excluding hydrogens is 218 g/mol. The molecule has 1 atom stereocenters. The summed E-state index contributed by atoms with van der Waals surface area (Å²) in [6.07, 6.45) is 0.951. The number of nitrogens with two attached hydrogens (primary N) is 1. The molecule has 0 spiro atoms. The lowest BCUT2D eigenvalue weighted by molar-refractivity contribution is 0.131. The molecule has 0 aromatic heterocycles. The van der Waals surface area contributed by atoms with E-state index in [0.717, 1.165) is 26.1 Å². The fraction of sp³-hybridized carbons (Fsp3) is 0.818. The summed E-state index contributed by atoms with van der Waals surface area (Å²) in [6.45, 7) is 7.64. The van der Waals surface area contributed by atoms with Crippen LogP contribution < -0.4 is 11.1 Å². The third-order valence-electron chi connectivity index (χ3n) is 3.13. The first-order chi connectivity index (χ1) is 8.06. The maximum atomic E-state index is 11.7. The van der Waals surface area contributed by atoms with Crippen molar-refractivity contribution in [3.63, 3.8) is 0 Å². The van der Waals surface area contributed by atoms with Crippen LogP contribution in [0, 0.1) is 5.41 Å². The number of nitrogens with zero attached hydrogens (tertiary/aromatic N) is 2. The highest BCUT2D eigenvalue weighted by Gasteiger charge is 2.24. The topological polar surface area (TPSA) is 85.5 Å². The molecule has 0 aliphatic carbocycles. The molecular formula is C11H23N5O. The Morgan fingerprint density at radius 1 is 1.41 bits per heavy atom. The van der Waals surface area contributed by atoms with Gasteiger partial charge in [-0.1, -0.05) is 6.92 Å². The Balaban J connectivity index is 2.35. The van der Waals surface area contributed by atoms with Gasteiger partial charge in [-0.2, -0.15) is 0 Å². The number of rotatable bonds is 4. The summed E-state index contributed by atoms with van der Waals surface area (Å²) >= 11 is 0. The highest BCUT2D eigenvalue weighted by atomic mass is 16.2. The van der Waals surface area contributed by atoms with Gasteiger partial charge in [0.1, 0.15) is 5.84 Å². The zero-order valence-corrected chi connectivity index (χ0v) is 10.7. The Morgan fingerprint density at radius 2 is 2.00 bits per heavy atom. The van der Waals surface area contributed by atoms with Crippen molar-refractivity contribution in [1.82, 2.24) is 15.1 Å². The van der Waals surface area contributed by atoms with E-state index in [1.54, 1.807) is 0 Å². The monoisotopic (exact) mass is 241 g/mol. The Labute approximate surface area is 103 Å². The Bertz CT molecular complexity index is 273. The first-order valence-electron chi connectivity index (χ1n) is 6.17. The molecule has 0 bridgehead atoms. The summed E-state index contributed by atoms with van der Waals surface area (Å²) in [5, 5.41) is 10.3. The van der Waals surface area contributed by atoms with E-state index < -0.39 is 0 Å². The standard InChI is InChI=1S/C11H23N5O/c1-3-4-14-11(17)16-7-5-15(6-8-16)9(2)10(12)13/h9H,3-8H2,1-2H3,(H3,12,13)(H,14,17). The van der Waals surface area contributed by atoms with Gasteiger partial charge in [0.2, 0.25) is 0 Å². The quantitative estimate of drug-likeness (QED) is 0.480. The van der Waals surface area contributed by atoms with Gasteiger partial charge in [-0.25, -0.2) is 4.79 Å². The lowest BCUT2D eigenvalue weighted by Crippen LogP contribution is -2.55. The highest BCUT2D eigenvalue weighted by molar-refractivity contribution is 5.82. The van der Waals surface area contributed by atoms with Crippen LogP contribution in [0.15, 0.2) is 0 Å². The van der Waals surface area contributed by atoms with Crippen molar-refractivity contribution in [3.05, 3.63) is 0 Å². The molecule has 1 aliphatic heterocycles. The van der Waals surface area contributed by atoms with Gasteiger partial charge in [0.25, 0.3) is 0 Å². The molecule has 0 radical (unpaired) electrons. The van der Waals surface area contributed by atoms with Crippen LogP contribution in [-0.2, 0) is 0 Å². The van der Waals surface area contributed by atoms with Gasteiger partial charge in [0.15, 0.2) is 0 Å². The zero-order valence-electron chi connectivity index (χ0n) is 10.7. The van der Waals surface area contributed by atoms with Crippen molar-refractivity contribution in [1.29, 1.82) is 5.41 Å². The molecule has 98 valence electrons. The molecule has 1 fully saturated rings. The van der Waals surface area contributed by atoms with Crippen LogP contribution in [0.3, 0.4) is 0 Å². The highest BCUT2D eigenvalue weighted by Crippen LogP contribution is 2.06. The van der Waals surface area contributed by atoms with Crippen LogP contribution in [0.4, 0.5) is 4.79 Å². The minimum atomic E-state index is -0.0316. The summed E-state index contributed by atoms with van der Waals surface area (Å²) in [7, 11) is 0. The van der Waals surface area contributed by atoms with E-state index in [4.69, 9.17) is 11.1 Å². The molecule has 2 amide bonds. The Hall–Kier alpha value is -1.30. The third kappa shape index (κ3) is 3.89. The maximum Gasteiger partial charge on any atom is 0.317 e. The second kappa shape index (κ2) is 6.44. The molecule has 1 aliphatic rings. The second-order valence-electron chi connectivity index (χ2n) is 4.39. The minimum Gasteiger partial charge on any atom is -0.386 e. The van der Waals surface area contributed by atoms with Gasteiger partial charge < -0.3 is 16.0 Å². The van der Waals surface area contributed by atoms with Gasteiger partial charge >= 0.3 is 6.03 Å². The predicted molar refractivity (Wildman–Crippen MR) is 68.2 cm³/mol. The minimum absolute atomic E-state index is 0.0157. The van der Waals surface area contributed by atoms with Crippen LogP contribution >= 0.6 is 0 Å². The van der Waals surface area contributed by atoms with Crippen molar-refractivity contribution < 1.29 is 4.79 Å². The molecule has 0 saturated carbocycles. The average molecular weight is 241 g/mol. The molecule has 0 aromatic rings. The summed E-state index contributed by atoms with van der Waals surface area (Å²) in [5.41, 5.74) is 5.48. The number of hydrogen-bond acceptors (Lipinski definition) is 3. The maximum absolute atomic E-state index is 11.7. The smallest absolute Gasteiger partial charge is 0.317 e. The van der Waals surface area contributed by atoms with Crippen LogP contribution in [0.25, 0.3) is 0 Å². The number of nitrogens with one attached hydrogen (secondary N) is 2. The summed E-state index contributed by atoms with van der Waals surface area (Å²) < 4.78 is 0. The fourth-order valence-corrected chi connectivity index (χ4v) is 1.85. The lowest BCUT2D eigenvalue weighted by Gasteiger charge is -2.37. The number of hydrogen-bond donors (Lipinski definition) is 3. The molecule has 0 aromatic carbocycles. The van der Waals surface area contributed by atoms with E-state index in [2.05, 4.69) is 10.2 Å². The van der Waals surface area contributed by atoms with E-state index in [9.17, 15) is 4.79 Å². The number of amidine groups is 1. The van der Waals surface area contributed by atoms with E-state index in [1.807, 2.05) is 18.7 Å². The predicted octanol–water partition coefficient (Wildman–Crippen LogP) is 0.0481. The fourth-order valence-electron chi connectivity index (χ4n) is 1.85. The molecule has 17 heavy (non-hydrogen) atoms. The van der Waals surface area contributed by atoms with Gasteiger partial charge in [-0.3, -0.25) is 10.3 Å². The number of amides is 2. The summed E-state index contributed by atoms with van der Waals surface area (Å²) in [6, 6.07) is -0.0159. The van der Waals surface area contributed by atoms with Crippen LogP contribution in [0.1, 0.15) is 20.3 Å². The molecule has 6 heteroatoms. The number of carbonyl (C=O) groups excluding carboxylic acids is 1. The van der Waals surface area contributed by atoms with E-state index in [0.29, 0.717) is 13.1 Å². The number of urea groups is 1. The SMILES string of the molecule is CCCNC(=O)N1CCN(C(C)C(=N)N)CC1. The van der Waals surface area contributed by atoms with Crippen molar-refractivity contribution in [2.45, 2.75) is 26.3 Å². The molecule has 1 saturated heterocycles. The first-order valence-corrected chi connectivity index (χ1v) is 6.17. The van der Waals surface area contributed by atoms with Crippen LogP contribution in [-0.4, -0.2) is 60.4 Å². The molecule has 1 rings (SSSR count). The van der Waals surface area contributed by atoms with E-state index >= 15 is 0 Å². The van der Waals surface area contributed by atoms with E-state index in [1.165, 1.54) is 0 Å². The van der Waals surface area contributed by atoms with Crippen molar-refractivity contribution in [3.8, 4) is 0 Å². The van der Waals surface area contributed by atoms with Gasteiger partial charge in [0, 0.05) is 32.7 Å². The van der Waals surface area contributed by atoms with Gasteiger partial charge in [-0.05, 0) is 13.3 Å². The molecule has 1 heterocycles. The van der Waals surface area contributed by atoms with Crippen LogP contribution in [0.2, 0.25) is 0 Å². The van der Waals surface area contributed by atoms with Crippen molar-refractivity contribution in [2.24, 2.45) is 5.73 Å². The van der Waals surface area contributed by atoms with Crippen molar-refractivity contribution >= 4 is 11.9 Å². The third-order valence-corrected chi connectivity index (χ3v) is 3.13. The van der Waals surface area contributed by atoms with Gasteiger partial charge in [0.05, 0.1) is 6.04 Å². The Kier molecular flexibility index (Phi) is 5.21. The number of carbonyl (C=O) groups is 1. The summed E-state index contributed by atoms with van der Waals surface area (Å²) in [4.78, 5) is 15.6.